The standard InChI is InChI=1S/C10H9F3O4/c11-6-3-4(1-2-5(6)9(12)13)7(14)8(15)10(16)17/h1-3,7-9,14-15H,(H,16,17). The number of carboxylic acids is 1. The Morgan fingerprint density at radius 2 is 1.82 bits per heavy atom. The summed E-state index contributed by atoms with van der Waals surface area (Å²) in [6.45, 7) is 0. The van der Waals surface area contributed by atoms with Crippen molar-refractivity contribution in [3.63, 3.8) is 0 Å². The van der Waals surface area contributed by atoms with Crippen molar-refractivity contribution >= 4 is 5.97 Å². The molecule has 2 atom stereocenters. The van der Waals surface area contributed by atoms with Crippen LogP contribution in [0.15, 0.2) is 18.2 Å². The first kappa shape index (κ1) is 13.5. The van der Waals surface area contributed by atoms with E-state index < -0.39 is 36.0 Å². The molecular weight excluding hydrogens is 241 g/mol. The minimum Gasteiger partial charge on any atom is -0.479 e. The van der Waals surface area contributed by atoms with Crippen molar-refractivity contribution in [1.82, 2.24) is 0 Å². The average Bonchev–Trinajstić information content (AvgIpc) is 2.26. The second-order valence-electron chi connectivity index (χ2n) is 3.31. The van der Waals surface area contributed by atoms with Crippen molar-refractivity contribution in [2.45, 2.75) is 18.6 Å². The summed E-state index contributed by atoms with van der Waals surface area (Å²) >= 11 is 0. The van der Waals surface area contributed by atoms with Crippen LogP contribution in [0.4, 0.5) is 13.2 Å². The molecule has 0 amide bonds. The molecule has 0 aromatic heterocycles. The highest BCUT2D eigenvalue weighted by Gasteiger charge is 2.26. The maximum absolute atomic E-state index is 13.1. The molecular formula is C10H9F3O4. The highest BCUT2D eigenvalue weighted by molar-refractivity contribution is 5.73. The number of aliphatic hydroxyl groups is 2. The second kappa shape index (κ2) is 5.15. The molecule has 17 heavy (non-hydrogen) atoms. The zero-order valence-corrected chi connectivity index (χ0v) is 8.35. The number of alkyl halides is 2. The number of aliphatic carboxylic acids is 1. The van der Waals surface area contributed by atoms with Crippen LogP contribution in [-0.2, 0) is 4.79 Å². The van der Waals surface area contributed by atoms with Crippen LogP contribution >= 0.6 is 0 Å². The monoisotopic (exact) mass is 250 g/mol. The van der Waals surface area contributed by atoms with Crippen molar-refractivity contribution < 1.29 is 33.3 Å². The molecule has 1 rings (SSSR count). The third kappa shape index (κ3) is 2.95. The van der Waals surface area contributed by atoms with Gasteiger partial charge >= 0.3 is 5.97 Å². The zero-order valence-electron chi connectivity index (χ0n) is 8.35. The lowest BCUT2D eigenvalue weighted by Crippen LogP contribution is -2.27. The molecule has 0 fully saturated rings. The SMILES string of the molecule is O=C(O)C(O)C(O)c1ccc(C(F)F)c(F)c1. The molecule has 1 aromatic rings. The Bertz CT molecular complexity index is 422. The van der Waals surface area contributed by atoms with E-state index in [4.69, 9.17) is 10.2 Å². The Morgan fingerprint density at radius 3 is 2.24 bits per heavy atom. The number of halogens is 3. The fraction of sp³-hybridized carbons (Fsp3) is 0.300. The van der Waals surface area contributed by atoms with Crippen LogP contribution in [0.2, 0.25) is 0 Å². The predicted molar refractivity (Wildman–Crippen MR) is 50.0 cm³/mol. The molecule has 0 saturated carbocycles. The number of aliphatic hydroxyl groups excluding tert-OH is 2. The molecule has 2 unspecified atom stereocenters. The molecule has 4 nitrogen and oxygen atoms in total. The van der Waals surface area contributed by atoms with Gasteiger partial charge in [0.25, 0.3) is 6.43 Å². The van der Waals surface area contributed by atoms with Gasteiger partial charge in [-0.25, -0.2) is 18.0 Å². The highest BCUT2D eigenvalue weighted by Crippen LogP contribution is 2.26. The Kier molecular flexibility index (Phi) is 4.08. The lowest BCUT2D eigenvalue weighted by Gasteiger charge is -2.15. The maximum Gasteiger partial charge on any atom is 0.335 e. The summed E-state index contributed by atoms with van der Waals surface area (Å²) in [7, 11) is 0. The average molecular weight is 250 g/mol. The molecule has 0 aliphatic carbocycles. The summed E-state index contributed by atoms with van der Waals surface area (Å²) in [5, 5.41) is 26.7. The van der Waals surface area contributed by atoms with Gasteiger partial charge in [0.05, 0.1) is 5.56 Å². The third-order valence-electron chi connectivity index (χ3n) is 2.15. The van der Waals surface area contributed by atoms with E-state index in [0.717, 1.165) is 12.1 Å². The van der Waals surface area contributed by atoms with Crippen molar-refractivity contribution in [3.8, 4) is 0 Å². The molecule has 0 radical (unpaired) electrons. The Labute approximate surface area is 93.9 Å². The first-order chi connectivity index (χ1) is 7.84. The van der Waals surface area contributed by atoms with Gasteiger partial charge in [-0.1, -0.05) is 12.1 Å². The van der Waals surface area contributed by atoms with Crippen molar-refractivity contribution in [2.24, 2.45) is 0 Å². The first-order valence-corrected chi connectivity index (χ1v) is 4.51. The Balaban J connectivity index is 3.01. The van der Waals surface area contributed by atoms with E-state index in [-0.39, 0.29) is 5.56 Å². The van der Waals surface area contributed by atoms with Crippen LogP contribution in [0.3, 0.4) is 0 Å². The van der Waals surface area contributed by atoms with Crippen LogP contribution in [0.5, 0.6) is 0 Å². The molecule has 94 valence electrons. The molecule has 0 saturated heterocycles. The molecule has 7 heteroatoms. The minimum absolute atomic E-state index is 0.290. The number of carboxylic acid groups (broad SMARTS) is 1. The van der Waals surface area contributed by atoms with Crippen LogP contribution in [0, 0.1) is 5.82 Å². The fourth-order valence-electron chi connectivity index (χ4n) is 1.22. The Morgan fingerprint density at radius 1 is 1.24 bits per heavy atom. The highest BCUT2D eigenvalue weighted by atomic mass is 19.3. The Hall–Kier alpha value is -1.60. The van der Waals surface area contributed by atoms with E-state index in [1.165, 1.54) is 0 Å². The van der Waals surface area contributed by atoms with Crippen molar-refractivity contribution in [2.75, 3.05) is 0 Å². The van der Waals surface area contributed by atoms with Crippen LogP contribution < -0.4 is 0 Å². The lowest BCUT2D eigenvalue weighted by atomic mass is 10.0. The molecule has 3 N–H and O–H groups in total. The molecule has 0 bridgehead atoms. The van der Waals surface area contributed by atoms with Gasteiger partial charge in [-0.15, -0.1) is 0 Å². The molecule has 1 aromatic carbocycles. The summed E-state index contributed by atoms with van der Waals surface area (Å²) in [6, 6.07) is 2.23. The van der Waals surface area contributed by atoms with E-state index in [1.807, 2.05) is 0 Å². The van der Waals surface area contributed by atoms with E-state index in [0.29, 0.717) is 6.07 Å². The number of rotatable bonds is 4. The summed E-state index contributed by atoms with van der Waals surface area (Å²) in [5.41, 5.74) is -1.15. The van der Waals surface area contributed by atoms with Gasteiger partial charge in [0.2, 0.25) is 0 Å². The van der Waals surface area contributed by atoms with E-state index >= 15 is 0 Å². The normalized spacial score (nSPS) is 14.7. The number of hydrogen-bond donors (Lipinski definition) is 3. The van der Waals surface area contributed by atoms with Gasteiger partial charge in [0.15, 0.2) is 6.10 Å². The van der Waals surface area contributed by atoms with Gasteiger partial charge in [-0.2, -0.15) is 0 Å². The summed E-state index contributed by atoms with van der Waals surface area (Å²) in [5.74, 6) is -2.97. The predicted octanol–water partition coefficient (Wildman–Crippen LogP) is 1.24. The van der Waals surface area contributed by atoms with Crippen molar-refractivity contribution in [1.29, 1.82) is 0 Å². The molecule has 0 aliphatic rings. The maximum atomic E-state index is 13.1. The molecule has 0 aliphatic heterocycles. The number of benzene rings is 1. The second-order valence-corrected chi connectivity index (χ2v) is 3.31. The van der Waals surface area contributed by atoms with Crippen molar-refractivity contribution in [3.05, 3.63) is 35.1 Å². The largest absolute Gasteiger partial charge is 0.479 e. The smallest absolute Gasteiger partial charge is 0.335 e. The van der Waals surface area contributed by atoms with Crippen LogP contribution in [0.1, 0.15) is 23.7 Å². The van der Waals surface area contributed by atoms with Gasteiger partial charge < -0.3 is 15.3 Å². The van der Waals surface area contributed by atoms with E-state index in [1.54, 1.807) is 0 Å². The zero-order chi connectivity index (χ0) is 13.2. The molecule has 0 spiro atoms. The third-order valence-corrected chi connectivity index (χ3v) is 2.15. The van der Waals surface area contributed by atoms with Gasteiger partial charge in [-0.05, 0) is 11.6 Å². The summed E-state index contributed by atoms with van der Waals surface area (Å²) in [4.78, 5) is 10.4. The van der Waals surface area contributed by atoms with Gasteiger partial charge in [0, 0.05) is 0 Å². The number of carbonyl (C=O) groups is 1. The first-order valence-electron chi connectivity index (χ1n) is 4.51. The van der Waals surface area contributed by atoms with E-state index in [2.05, 4.69) is 0 Å². The topological polar surface area (TPSA) is 77.8 Å². The van der Waals surface area contributed by atoms with Crippen LogP contribution in [-0.4, -0.2) is 27.4 Å². The summed E-state index contributed by atoms with van der Waals surface area (Å²) in [6.07, 6.45) is -7.04. The fourth-order valence-corrected chi connectivity index (χ4v) is 1.22. The van der Waals surface area contributed by atoms with E-state index in [9.17, 15) is 23.1 Å². The lowest BCUT2D eigenvalue weighted by molar-refractivity contribution is -0.153. The molecule has 0 heterocycles. The minimum atomic E-state index is -3.01. The summed E-state index contributed by atoms with van der Waals surface area (Å²) < 4.78 is 37.5. The number of hydrogen-bond acceptors (Lipinski definition) is 3. The van der Waals surface area contributed by atoms with Crippen LogP contribution in [0.25, 0.3) is 0 Å². The van der Waals surface area contributed by atoms with Gasteiger partial charge in [0.1, 0.15) is 11.9 Å². The quantitative estimate of drug-likeness (QED) is 0.751. The van der Waals surface area contributed by atoms with Gasteiger partial charge in [-0.3, -0.25) is 0 Å².